The summed E-state index contributed by atoms with van der Waals surface area (Å²) in [5, 5.41) is 0. The number of hydrogen-bond acceptors (Lipinski definition) is 4. The number of allylic oxidation sites excluding steroid dienone is 2. The van der Waals surface area contributed by atoms with Crippen molar-refractivity contribution in [3.8, 4) is 0 Å². The second-order valence-electron chi connectivity index (χ2n) is 6.85. The molecular formula is C25H26O4. The van der Waals surface area contributed by atoms with Crippen molar-refractivity contribution < 1.29 is 19.1 Å². The van der Waals surface area contributed by atoms with Crippen molar-refractivity contribution >= 4 is 29.7 Å². The van der Waals surface area contributed by atoms with Gasteiger partial charge in [-0.25, -0.2) is 0 Å². The van der Waals surface area contributed by atoms with E-state index in [2.05, 4.69) is 0 Å². The predicted molar refractivity (Wildman–Crippen MR) is 115 cm³/mol. The first-order valence-electron chi connectivity index (χ1n) is 9.62. The van der Waals surface area contributed by atoms with E-state index in [1.54, 1.807) is 19.1 Å². The van der Waals surface area contributed by atoms with Gasteiger partial charge in [0.2, 0.25) is 0 Å². The molecule has 0 heterocycles. The van der Waals surface area contributed by atoms with E-state index in [0.717, 1.165) is 22.3 Å². The molecule has 0 amide bonds. The molecule has 0 bridgehead atoms. The van der Waals surface area contributed by atoms with E-state index in [1.807, 2.05) is 62.4 Å². The van der Waals surface area contributed by atoms with Crippen molar-refractivity contribution in [3.63, 3.8) is 0 Å². The lowest BCUT2D eigenvalue weighted by molar-refractivity contribution is -0.147. The Bertz CT molecular complexity index is 835. The molecule has 2 aromatic rings. The van der Waals surface area contributed by atoms with E-state index in [0.29, 0.717) is 0 Å². The van der Waals surface area contributed by atoms with Gasteiger partial charge >= 0.3 is 5.97 Å². The highest BCUT2D eigenvalue weighted by atomic mass is 16.5. The number of benzene rings is 2. The Kier molecular flexibility index (Phi) is 8.28. The molecule has 150 valence electrons. The van der Waals surface area contributed by atoms with Gasteiger partial charge in [0.1, 0.15) is 0 Å². The van der Waals surface area contributed by atoms with Gasteiger partial charge in [0.05, 0.1) is 18.9 Å². The van der Waals surface area contributed by atoms with Gasteiger partial charge in [-0.3, -0.25) is 14.4 Å². The zero-order valence-corrected chi connectivity index (χ0v) is 17.1. The molecule has 0 saturated heterocycles. The second kappa shape index (κ2) is 10.9. The van der Waals surface area contributed by atoms with Crippen LogP contribution < -0.4 is 0 Å². The third-order valence-corrected chi connectivity index (χ3v) is 4.40. The van der Waals surface area contributed by atoms with Crippen molar-refractivity contribution in [2.24, 2.45) is 5.92 Å². The van der Waals surface area contributed by atoms with E-state index in [9.17, 15) is 14.4 Å². The van der Waals surface area contributed by atoms with Crippen LogP contribution in [0.15, 0.2) is 60.7 Å². The number of aryl methyl sites for hydroxylation is 2. The number of carbonyl (C=O) groups is 3. The average molecular weight is 390 g/mol. The minimum atomic E-state index is -1.10. The maximum atomic E-state index is 12.7. The molecule has 0 saturated carbocycles. The lowest BCUT2D eigenvalue weighted by atomic mass is 9.93. The molecule has 0 spiro atoms. The first-order chi connectivity index (χ1) is 13.9. The third kappa shape index (κ3) is 7.34. The molecule has 0 radical (unpaired) electrons. The van der Waals surface area contributed by atoms with Crippen molar-refractivity contribution in [2.45, 2.75) is 27.2 Å². The summed E-state index contributed by atoms with van der Waals surface area (Å²) in [7, 11) is 0. The number of esters is 1. The van der Waals surface area contributed by atoms with Crippen LogP contribution in [0.4, 0.5) is 0 Å². The zero-order chi connectivity index (χ0) is 21.2. The van der Waals surface area contributed by atoms with E-state index in [1.165, 1.54) is 12.2 Å². The fourth-order valence-electron chi connectivity index (χ4n) is 2.67. The van der Waals surface area contributed by atoms with Crippen molar-refractivity contribution in [1.82, 2.24) is 0 Å². The zero-order valence-electron chi connectivity index (χ0n) is 17.1. The summed E-state index contributed by atoms with van der Waals surface area (Å²) in [4.78, 5) is 37.3. The molecular weight excluding hydrogens is 364 g/mol. The summed E-state index contributed by atoms with van der Waals surface area (Å²) in [5.41, 5.74) is 3.93. The maximum Gasteiger partial charge on any atom is 0.306 e. The SMILES string of the molecule is CCOC(=O)CC(C(=O)/C=C/c1ccc(C)cc1)C(=O)/C=C/c1ccc(C)cc1. The Morgan fingerprint density at radius 3 is 1.59 bits per heavy atom. The van der Waals surface area contributed by atoms with Gasteiger partial charge in [0, 0.05) is 0 Å². The number of ketones is 2. The highest BCUT2D eigenvalue weighted by Crippen LogP contribution is 2.14. The molecule has 0 aromatic heterocycles. The fraction of sp³-hybridized carbons (Fsp3) is 0.240. The first-order valence-corrected chi connectivity index (χ1v) is 9.62. The summed E-state index contributed by atoms with van der Waals surface area (Å²) in [5.74, 6) is -2.50. The molecule has 0 N–H and O–H groups in total. The smallest absolute Gasteiger partial charge is 0.306 e. The monoisotopic (exact) mass is 390 g/mol. The molecule has 0 aliphatic rings. The number of ether oxygens (including phenoxy) is 1. The molecule has 0 aliphatic carbocycles. The van der Waals surface area contributed by atoms with Gasteiger partial charge < -0.3 is 4.74 Å². The van der Waals surface area contributed by atoms with Crippen LogP contribution in [-0.2, 0) is 19.1 Å². The molecule has 2 rings (SSSR count). The lowest BCUT2D eigenvalue weighted by Crippen LogP contribution is -2.25. The molecule has 4 nitrogen and oxygen atoms in total. The largest absolute Gasteiger partial charge is 0.466 e. The summed E-state index contributed by atoms with van der Waals surface area (Å²) in [6.45, 7) is 5.84. The minimum Gasteiger partial charge on any atom is -0.466 e. The normalized spacial score (nSPS) is 11.3. The maximum absolute atomic E-state index is 12.7. The summed E-state index contributed by atoms with van der Waals surface area (Å²) in [6.07, 6.45) is 5.73. The second-order valence-corrected chi connectivity index (χ2v) is 6.85. The molecule has 0 aliphatic heterocycles. The predicted octanol–water partition coefficient (Wildman–Crippen LogP) is 4.74. The van der Waals surface area contributed by atoms with Crippen LogP contribution in [-0.4, -0.2) is 24.1 Å². The van der Waals surface area contributed by atoms with Crippen molar-refractivity contribution in [3.05, 3.63) is 82.9 Å². The summed E-state index contributed by atoms with van der Waals surface area (Å²) < 4.78 is 4.93. The molecule has 0 unspecified atom stereocenters. The quantitative estimate of drug-likeness (QED) is 0.353. The molecule has 0 atom stereocenters. The van der Waals surface area contributed by atoms with Crippen LogP contribution in [0.25, 0.3) is 12.2 Å². The van der Waals surface area contributed by atoms with Crippen LogP contribution >= 0.6 is 0 Å². The van der Waals surface area contributed by atoms with Gasteiger partial charge in [-0.15, -0.1) is 0 Å². The highest BCUT2D eigenvalue weighted by molar-refractivity contribution is 6.14. The van der Waals surface area contributed by atoms with E-state index in [4.69, 9.17) is 4.74 Å². The Labute approximate surface area is 171 Å². The average Bonchev–Trinajstić information content (AvgIpc) is 2.71. The minimum absolute atomic E-state index is 0.201. The van der Waals surface area contributed by atoms with Gasteiger partial charge in [-0.2, -0.15) is 0 Å². The molecule has 0 fully saturated rings. The summed E-state index contributed by atoms with van der Waals surface area (Å²) >= 11 is 0. The topological polar surface area (TPSA) is 60.4 Å². The van der Waals surface area contributed by atoms with Crippen LogP contribution in [0.5, 0.6) is 0 Å². The fourth-order valence-corrected chi connectivity index (χ4v) is 2.67. The summed E-state index contributed by atoms with van der Waals surface area (Å²) in [6, 6.07) is 15.3. The number of hydrogen-bond donors (Lipinski definition) is 0. The van der Waals surface area contributed by atoms with Crippen LogP contribution in [0.1, 0.15) is 35.6 Å². The van der Waals surface area contributed by atoms with Gasteiger partial charge in [-0.1, -0.05) is 71.8 Å². The third-order valence-electron chi connectivity index (χ3n) is 4.40. The van der Waals surface area contributed by atoms with Gasteiger partial charge in [0.15, 0.2) is 11.6 Å². The molecule has 29 heavy (non-hydrogen) atoms. The number of carbonyl (C=O) groups excluding carboxylic acids is 3. The molecule has 2 aromatic carbocycles. The standard InChI is InChI=1S/C25H26O4/c1-4-29-25(28)17-22(23(26)15-13-20-9-5-18(2)6-10-20)24(27)16-14-21-11-7-19(3)8-12-21/h5-16,22H,4,17H2,1-3H3/b15-13+,16-14+. The first kappa shape index (κ1) is 22.0. The highest BCUT2D eigenvalue weighted by Gasteiger charge is 2.26. The van der Waals surface area contributed by atoms with Gasteiger partial charge in [0.25, 0.3) is 0 Å². The Morgan fingerprint density at radius 1 is 0.793 bits per heavy atom. The Hall–Kier alpha value is -3.27. The van der Waals surface area contributed by atoms with Crippen LogP contribution in [0.3, 0.4) is 0 Å². The van der Waals surface area contributed by atoms with E-state index < -0.39 is 23.5 Å². The Balaban J connectivity index is 2.16. The molecule has 4 heteroatoms. The van der Waals surface area contributed by atoms with E-state index in [-0.39, 0.29) is 13.0 Å². The van der Waals surface area contributed by atoms with Crippen LogP contribution in [0, 0.1) is 19.8 Å². The van der Waals surface area contributed by atoms with Gasteiger partial charge in [-0.05, 0) is 44.1 Å². The Morgan fingerprint density at radius 2 is 1.21 bits per heavy atom. The number of rotatable bonds is 9. The van der Waals surface area contributed by atoms with Crippen LogP contribution in [0.2, 0.25) is 0 Å². The van der Waals surface area contributed by atoms with Crippen molar-refractivity contribution in [2.75, 3.05) is 6.61 Å². The van der Waals surface area contributed by atoms with E-state index >= 15 is 0 Å². The lowest BCUT2D eigenvalue weighted by Gasteiger charge is -2.10. The van der Waals surface area contributed by atoms with Crippen molar-refractivity contribution in [1.29, 1.82) is 0 Å².